The number of aliphatic hydroxyl groups excluding tert-OH is 1. The summed E-state index contributed by atoms with van der Waals surface area (Å²) in [7, 11) is 0. The van der Waals surface area contributed by atoms with Crippen LogP contribution in [0.1, 0.15) is 17.3 Å². The van der Waals surface area contributed by atoms with Crippen LogP contribution in [0.15, 0.2) is 18.2 Å². The standard InChI is InChI=1S/C13H15ClINO3/c1-8-5-16(6-10(7-17)19-8)13(18)11-4-9(14)2-3-12(11)15/h2-4,8,10,17H,5-7H2,1H3. The Hall–Kier alpha value is -0.370. The number of carbonyl (C=O) groups is 1. The molecule has 1 N–H and O–H groups in total. The van der Waals surface area contributed by atoms with Crippen LogP contribution in [0, 0.1) is 3.57 Å². The van der Waals surface area contributed by atoms with Crippen molar-refractivity contribution in [1.82, 2.24) is 4.90 Å². The number of morpholine rings is 1. The van der Waals surface area contributed by atoms with Gasteiger partial charge in [0.1, 0.15) is 0 Å². The molecule has 1 aromatic rings. The van der Waals surface area contributed by atoms with E-state index in [-0.39, 0.29) is 24.7 Å². The number of hydrogen-bond donors (Lipinski definition) is 1. The summed E-state index contributed by atoms with van der Waals surface area (Å²) in [5, 5.41) is 9.74. The van der Waals surface area contributed by atoms with Crippen LogP contribution < -0.4 is 0 Å². The first-order valence-corrected chi connectivity index (χ1v) is 7.47. The van der Waals surface area contributed by atoms with Crippen molar-refractivity contribution in [3.8, 4) is 0 Å². The Morgan fingerprint density at radius 2 is 2.32 bits per heavy atom. The molecule has 1 aliphatic rings. The Kier molecular flexibility index (Phi) is 5.05. The van der Waals surface area contributed by atoms with E-state index in [1.807, 2.05) is 13.0 Å². The maximum atomic E-state index is 12.5. The minimum Gasteiger partial charge on any atom is -0.394 e. The summed E-state index contributed by atoms with van der Waals surface area (Å²) in [6.45, 7) is 2.74. The van der Waals surface area contributed by atoms with Crippen molar-refractivity contribution < 1.29 is 14.6 Å². The molecule has 6 heteroatoms. The van der Waals surface area contributed by atoms with E-state index in [2.05, 4.69) is 22.6 Å². The van der Waals surface area contributed by atoms with Gasteiger partial charge in [-0.3, -0.25) is 4.79 Å². The molecular formula is C13H15ClINO3. The molecule has 4 nitrogen and oxygen atoms in total. The van der Waals surface area contributed by atoms with Crippen LogP contribution in [0.2, 0.25) is 5.02 Å². The van der Waals surface area contributed by atoms with E-state index in [0.29, 0.717) is 23.7 Å². The van der Waals surface area contributed by atoms with Gasteiger partial charge in [0.2, 0.25) is 0 Å². The number of aliphatic hydroxyl groups is 1. The summed E-state index contributed by atoms with van der Waals surface area (Å²) in [5.74, 6) is -0.0690. The van der Waals surface area contributed by atoms with Gasteiger partial charge in [-0.2, -0.15) is 0 Å². The lowest BCUT2D eigenvalue weighted by Crippen LogP contribution is -2.50. The van der Waals surface area contributed by atoms with Crippen LogP contribution in [0.3, 0.4) is 0 Å². The Bertz CT molecular complexity index is 483. The SMILES string of the molecule is CC1CN(C(=O)c2cc(Cl)ccc2I)CC(CO)O1. The van der Waals surface area contributed by atoms with E-state index in [0.717, 1.165) is 3.57 Å². The highest BCUT2D eigenvalue weighted by Gasteiger charge is 2.29. The van der Waals surface area contributed by atoms with Crippen LogP contribution >= 0.6 is 34.2 Å². The molecule has 1 aromatic carbocycles. The topological polar surface area (TPSA) is 49.8 Å². The molecule has 104 valence electrons. The number of ether oxygens (including phenoxy) is 1. The van der Waals surface area contributed by atoms with E-state index in [1.54, 1.807) is 17.0 Å². The molecule has 2 rings (SSSR count). The quantitative estimate of drug-likeness (QED) is 0.781. The lowest BCUT2D eigenvalue weighted by molar-refractivity contribution is -0.0858. The Morgan fingerprint density at radius 3 is 3.00 bits per heavy atom. The first-order chi connectivity index (χ1) is 9.01. The van der Waals surface area contributed by atoms with Gasteiger partial charge < -0.3 is 14.7 Å². The molecule has 1 heterocycles. The normalized spacial score (nSPS) is 23.5. The Morgan fingerprint density at radius 1 is 1.58 bits per heavy atom. The third-order valence-electron chi connectivity index (χ3n) is 2.98. The predicted molar refractivity (Wildman–Crippen MR) is 81.5 cm³/mol. The molecule has 1 fully saturated rings. The minimum absolute atomic E-state index is 0.0690. The molecule has 2 atom stereocenters. The zero-order valence-electron chi connectivity index (χ0n) is 10.5. The van der Waals surface area contributed by atoms with Crippen molar-refractivity contribution in [2.75, 3.05) is 19.7 Å². The highest BCUT2D eigenvalue weighted by atomic mass is 127. The van der Waals surface area contributed by atoms with Crippen molar-refractivity contribution in [2.24, 2.45) is 0 Å². The second-order valence-corrected chi connectivity index (χ2v) is 6.18. The summed E-state index contributed by atoms with van der Waals surface area (Å²) in [6, 6.07) is 5.27. The van der Waals surface area contributed by atoms with E-state index in [1.165, 1.54) is 0 Å². The number of benzene rings is 1. The first-order valence-electron chi connectivity index (χ1n) is 6.02. The van der Waals surface area contributed by atoms with Crippen LogP contribution in [-0.4, -0.2) is 47.8 Å². The molecule has 1 amide bonds. The van der Waals surface area contributed by atoms with Gasteiger partial charge in [-0.1, -0.05) is 11.6 Å². The third-order valence-corrected chi connectivity index (χ3v) is 4.15. The summed E-state index contributed by atoms with van der Waals surface area (Å²) < 4.78 is 6.40. The number of hydrogen-bond acceptors (Lipinski definition) is 3. The molecule has 0 aromatic heterocycles. The molecule has 1 saturated heterocycles. The summed E-state index contributed by atoms with van der Waals surface area (Å²) in [5.41, 5.74) is 0.596. The molecule has 0 radical (unpaired) electrons. The van der Waals surface area contributed by atoms with Crippen LogP contribution in [0.25, 0.3) is 0 Å². The Balaban J connectivity index is 2.21. The largest absolute Gasteiger partial charge is 0.394 e. The predicted octanol–water partition coefficient (Wildman–Crippen LogP) is 2.17. The summed E-state index contributed by atoms with van der Waals surface area (Å²) >= 11 is 8.07. The summed E-state index contributed by atoms with van der Waals surface area (Å²) in [4.78, 5) is 14.2. The zero-order valence-corrected chi connectivity index (χ0v) is 13.4. The van der Waals surface area contributed by atoms with E-state index >= 15 is 0 Å². The van der Waals surface area contributed by atoms with Crippen LogP contribution in [0.4, 0.5) is 0 Å². The first kappa shape index (κ1) is 15.0. The van der Waals surface area contributed by atoms with Crippen molar-refractivity contribution in [3.05, 3.63) is 32.4 Å². The van der Waals surface area contributed by atoms with Gasteiger partial charge in [0.15, 0.2) is 0 Å². The van der Waals surface area contributed by atoms with Crippen molar-refractivity contribution in [3.63, 3.8) is 0 Å². The molecule has 19 heavy (non-hydrogen) atoms. The van der Waals surface area contributed by atoms with Gasteiger partial charge in [-0.05, 0) is 47.7 Å². The van der Waals surface area contributed by atoms with Crippen LogP contribution in [0.5, 0.6) is 0 Å². The van der Waals surface area contributed by atoms with Gasteiger partial charge in [0.25, 0.3) is 5.91 Å². The number of carbonyl (C=O) groups excluding carboxylic acids is 1. The Labute approximate surface area is 130 Å². The minimum atomic E-state index is -0.315. The maximum Gasteiger partial charge on any atom is 0.255 e. The van der Waals surface area contributed by atoms with Gasteiger partial charge in [-0.25, -0.2) is 0 Å². The number of rotatable bonds is 2. The van der Waals surface area contributed by atoms with Crippen molar-refractivity contribution in [1.29, 1.82) is 0 Å². The number of nitrogens with zero attached hydrogens (tertiary/aromatic N) is 1. The van der Waals surface area contributed by atoms with Crippen molar-refractivity contribution >= 4 is 40.1 Å². The number of halogens is 2. The molecule has 0 bridgehead atoms. The van der Waals surface area contributed by atoms with Gasteiger partial charge in [-0.15, -0.1) is 0 Å². The van der Waals surface area contributed by atoms with E-state index in [4.69, 9.17) is 16.3 Å². The second-order valence-electron chi connectivity index (χ2n) is 4.59. The molecular weight excluding hydrogens is 381 g/mol. The highest BCUT2D eigenvalue weighted by molar-refractivity contribution is 14.1. The average Bonchev–Trinajstić information content (AvgIpc) is 2.40. The van der Waals surface area contributed by atoms with Gasteiger partial charge >= 0.3 is 0 Å². The lowest BCUT2D eigenvalue weighted by atomic mass is 10.1. The molecule has 1 aliphatic heterocycles. The van der Waals surface area contributed by atoms with E-state index < -0.39 is 0 Å². The molecule has 0 aliphatic carbocycles. The fourth-order valence-electron chi connectivity index (χ4n) is 2.14. The fourth-order valence-corrected chi connectivity index (χ4v) is 2.88. The fraction of sp³-hybridized carbons (Fsp3) is 0.462. The average molecular weight is 396 g/mol. The van der Waals surface area contributed by atoms with Gasteiger partial charge in [0, 0.05) is 21.7 Å². The summed E-state index contributed by atoms with van der Waals surface area (Å²) in [6.07, 6.45) is -0.392. The van der Waals surface area contributed by atoms with Crippen molar-refractivity contribution in [2.45, 2.75) is 19.1 Å². The zero-order chi connectivity index (χ0) is 14.0. The van der Waals surface area contributed by atoms with E-state index in [9.17, 15) is 9.90 Å². The maximum absolute atomic E-state index is 12.5. The second kappa shape index (κ2) is 6.39. The lowest BCUT2D eigenvalue weighted by Gasteiger charge is -2.36. The molecule has 0 spiro atoms. The van der Waals surface area contributed by atoms with Gasteiger partial charge in [0.05, 0.1) is 24.4 Å². The third kappa shape index (κ3) is 3.59. The monoisotopic (exact) mass is 395 g/mol. The number of amides is 1. The smallest absolute Gasteiger partial charge is 0.255 e. The highest BCUT2D eigenvalue weighted by Crippen LogP contribution is 2.21. The van der Waals surface area contributed by atoms with Crippen LogP contribution in [-0.2, 0) is 4.74 Å². The molecule has 0 saturated carbocycles. The molecule has 2 unspecified atom stereocenters.